The highest BCUT2D eigenvalue weighted by Crippen LogP contribution is 2.22. The molecule has 0 bridgehead atoms. The Balaban J connectivity index is 1.54. The van der Waals surface area contributed by atoms with Crippen molar-refractivity contribution in [1.29, 1.82) is 0 Å². The molecule has 0 aromatic carbocycles. The zero-order valence-electron chi connectivity index (χ0n) is 14.9. The van der Waals surface area contributed by atoms with Gasteiger partial charge in [-0.15, -0.1) is 0 Å². The zero-order chi connectivity index (χ0) is 20.0. The Bertz CT molecular complexity index is 1420. The Hall–Kier alpha value is -3.78. The molecule has 5 rings (SSSR count). The van der Waals surface area contributed by atoms with Gasteiger partial charge in [-0.25, -0.2) is 15.0 Å². The number of nitrogens with zero attached hydrogens (tertiary/aromatic N) is 4. The van der Waals surface area contributed by atoms with Crippen molar-refractivity contribution in [2.75, 3.05) is 0 Å². The van der Waals surface area contributed by atoms with E-state index in [2.05, 4.69) is 24.9 Å². The first-order chi connectivity index (χ1) is 14.1. The van der Waals surface area contributed by atoms with Gasteiger partial charge in [0.1, 0.15) is 16.5 Å². The van der Waals surface area contributed by atoms with Crippen LogP contribution < -0.4 is 5.56 Å². The third kappa shape index (κ3) is 2.90. The van der Waals surface area contributed by atoms with Gasteiger partial charge in [-0.3, -0.25) is 9.59 Å². The van der Waals surface area contributed by atoms with E-state index >= 15 is 0 Å². The number of aromatic amines is 2. The average Bonchev–Trinajstić information content (AvgIpc) is 3.34. The molecule has 5 heterocycles. The summed E-state index contributed by atoms with van der Waals surface area (Å²) in [5.41, 5.74) is 2.13. The van der Waals surface area contributed by atoms with Gasteiger partial charge in [-0.05, 0) is 30.3 Å². The molecule has 5 aromatic rings. The number of hydrogen-bond acceptors (Lipinski definition) is 5. The van der Waals surface area contributed by atoms with Crippen LogP contribution in [0.25, 0.3) is 22.1 Å². The van der Waals surface area contributed by atoms with Crippen molar-refractivity contribution in [3.8, 4) is 0 Å². The molecule has 29 heavy (non-hydrogen) atoms. The first kappa shape index (κ1) is 17.3. The number of rotatable bonds is 4. The number of fused-ring (bicyclic) bond motifs is 2. The highest BCUT2D eigenvalue weighted by molar-refractivity contribution is 6.34. The fourth-order valence-corrected chi connectivity index (χ4v) is 3.51. The van der Waals surface area contributed by atoms with E-state index in [1.807, 2.05) is 12.1 Å². The second-order valence-corrected chi connectivity index (χ2v) is 6.83. The molecule has 9 heteroatoms. The maximum atomic E-state index is 12.9. The molecule has 0 unspecified atom stereocenters. The number of nitrogens with one attached hydrogen (secondary N) is 2. The third-order valence-electron chi connectivity index (χ3n) is 4.69. The maximum absolute atomic E-state index is 12.9. The van der Waals surface area contributed by atoms with Gasteiger partial charge in [0.25, 0.3) is 5.56 Å². The number of carbonyl (C=O) groups excluding carboxylic acids is 1. The van der Waals surface area contributed by atoms with Gasteiger partial charge in [0, 0.05) is 35.7 Å². The molecular formula is C20H13ClN6O2. The van der Waals surface area contributed by atoms with Crippen LogP contribution >= 0.6 is 11.6 Å². The molecule has 5 aromatic heterocycles. The Morgan fingerprint density at radius 1 is 1.10 bits per heavy atom. The summed E-state index contributed by atoms with van der Waals surface area (Å²) in [4.78, 5) is 44.4. The van der Waals surface area contributed by atoms with Gasteiger partial charge in [0.2, 0.25) is 0 Å². The van der Waals surface area contributed by atoms with E-state index < -0.39 is 0 Å². The second kappa shape index (κ2) is 6.68. The predicted octanol–water partition coefficient (Wildman–Crippen LogP) is 2.93. The molecule has 0 aliphatic carbocycles. The maximum Gasteiger partial charge on any atom is 0.275 e. The van der Waals surface area contributed by atoms with Crippen molar-refractivity contribution in [2.45, 2.75) is 6.54 Å². The lowest BCUT2D eigenvalue weighted by molar-refractivity contribution is 0.104. The standard InChI is InChI=1S/C20H13ClN6O2/c21-18-12(3-1-6-22-18)17(28)13-9-24-16-11(13)5-8-27(20(16)29)10-15-25-14-4-2-7-23-19(14)26-15/h1-9,24H,10H2,(H,23,25,26). The SMILES string of the molecule is O=C(c1cccnc1Cl)c1c[nH]c2c(=O)n(Cc3nc4ncccc4[nH]3)ccc12. The zero-order valence-corrected chi connectivity index (χ0v) is 15.6. The minimum atomic E-state index is -0.296. The quantitative estimate of drug-likeness (QED) is 0.353. The van der Waals surface area contributed by atoms with Crippen LogP contribution in [0.3, 0.4) is 0 Å². The molecule has 0 aliphatic heterocycles. The van der Waals surface area contributed by atoms with Crippen LogP contribution in [-0.4, -0.2) is 35.3 Å². The van der Waals surface area contributed by atoms with Crippen molar-refractivity contribution in [1.82, 2.24) is 29.5 Å². The topological polar surface area (TPSA) is 109 Å². The van der Waals surface area contributed by atoms with E-state index in [0.29, 0.717) is 27.9 Å². The van der Waals surface area contributed by atoms with E-state index in [0.717, 1.165) is 5.52 Å². The highest BCUT2D eigenvalue weighted by Gasteiger charge is 2.19. The van der Waals surface area contributed by atoms with Crippen LogP contribution in [0.1, 0.15) is 21.7 Å². The lowest BCUT2D eigenvalue weighted by Gasteiger charge is -2.04. The summed E-state index contributed by atoms with van der Waals surface area (Å²) in [7, 11) is 0. The van der Waals surface area contributed by atoms with Crippen LogP contribution in [0.5, 0.6) is 0 Å². The first-order valence-corrected chi connectivity index (χ1v) is 9.15. The van der Waals surface area contributed by atoms with Gasteiger partial charge in [-0.1, -0.05) is 11.6 Å². The van der Waals surface area contributed by atoms with Crippen molar-refractivity contribution in [3.63, 3.8) is 0 Å². The number of imidazole rings is 1. The molecule has 0 spiro atoms. The van der Waals surface area contributed by atoms with Crippen LogP contribution in [0, 0.1) is 0 Å². The second-order valence-electron chi connectivity index (χ2n) is 6.47. The molecule has 0 saturated carbocycles. The molecule has 8 nitrogen and oxygen atoms in total. The molecule has 142 valence electrons. The van der Waals surface area contributed by atoms with Crippen LogP contribution in [-0.2, 0) is 6.54 Å². The van der Waals surface area contributed by atoms with Gasteiger partial charge in [-0.2, -0.15) is 0 Å². The lowest BCUT2D eigenvalue weighted by Crippen LogP contribution is -2.20. The van der Waals surface area contributed by atoms with Gasteiger partial charge >= 0.3 is 0 Å². The molecule has 0 saturated heterocycles. The summed E-state index contributed by atoms with van der Waals surface area (Å²) in [5, 5.41) is 0.654. The molecule has 0 fully saturated rings. The minimum Gasteiger partial charge on any atom is -0.356 e. The number of carbonyl (C=O) groups is 1. The van der Waals surface area contributed by atoms with E-state index in [4.69, 9.17) is 11.6 Å². The summed E-state index contributed by atoms with van der Waals surface area (Å²) < 4.78 is 1.52. The fraction of sp³-hybridized carbons (Fsp3) is 0.0500. The van der Waals surface area contributed by atoms with E-state index in [9.17, 15) is 9.59 Å². The third-order valence-corrected chi connectivity index (χ3v) is 4.99. The number of aromatic nitrogens is 6. The Kier molecular flexibility index (Phi) is 3.99. The number of ketones is 1. The molecule has 0 amide bonds. The van der Waals surface area contributed by atoms with Crippen LogP contribution in [0.4, 0.5) is 0 Å². The summed E-state index contributed by atoms with van der Waals surface area (Å²) >= 11 is 6.04. The van der Waals surface area contributed by atoms with Gasteiger partial charge < -0.3 is 14.5 Å². The number of H-pyrrole nitrogens is 2. The Labute approximate surface area is 168 Å². The lowest BCUT2D eigenvalue weighted by atomic mass is 10.0. The fourth-order valence-electron chi connectivity index (χ4n) is 3.30. The highest BCUT2D eigenvalue weighted by atomic mass is 35.5. The number of hydrogen-bond donors (Lipinski definition) is 2. The molecule has 2 N–H and O–H groups in total. The van der Waals surface area contributed by atoms with E-state index in [1.54, 1.807) is 30.6 Å². The smallest absolute Gasteiger partial charge is 0.275 e. The summed E-state index contributed by atoms with van der Waals surface area (Å²) in [6, 6.07) is 8.66. The van der Waals surface area contributed by atoms with Crippen LogP contribution in [0.15, 0.2) is 59.9 Å². The summed E-state index contributed by atoms with van der Waals surface area (Å²) in [6.07, 6.45) is 6.34. The minimum absolute atomic E-state index is 0.124. The summed E-state index contributed by atoms with van der Waals surface area (Å²) in [5.74, 6) is 0.319. The van der Waals surface area contributed by atoms with Gasteiger partial charge in [0.15, 0.2) is 11.4 Å². The molecular weight excluding hydrogens is 392 g/mol. The van der Waals surface area contributed by atoms with Gasteiger partial charge in [0.05, 0.1) is 17.6 Å². The van der Waals surface area contributed by atoms with Crippen molar-refractivity contribution < 1.29 is 4.79 Å². The van der Waals surface area contributed by atoms with E-state index in [-0.39, 0.29) is 28.6 Å². The average molecular weight is 405 g/mol. The normalized spacial score (nSPS) is 11.3. The van der Waals surface area contributed by atoms with Crippen molar-refractivity contribution in [2.24, 2.45) is 0 Å². The van der Waals surface area contributed by atoms with Crippen molar-refractivity contribution in [3.05, 3.63) is 87.6 Å². The monoisotopic (exact) mass is 404 g/mol. The number of halogens is 1. The Morgan fingerprint density at radius 2 is 1.93 bits per heavy atom. The van der Waals surface area contributed by atoms with Crippen molar-refractivity contribution >= 4 is 39.5 Å². The summed E-state index contributed by atoms with van der Waals surface area (Å²) in [6.45, 7) is 0.252. The first-order valence-electron chi connectivity index (χ1n) is 8.77. The molecule has 0 atom stereocenters. The largest absolute Gasteiger partial charge is 0.356 e. The number of pyridine rings is 3. The van der Waals surface area contributed by atoms with Crippen LogP contribution in [0.2, 0.25) is 5.15 Å². The molecule has 0 aliphatic rings. The predicted molar refractivity (Wildman–Crippen MR) is 108 cm³/mol. The molecule has 0 radical (unpaired) electrons. The van der Waals surface area contributed by atoms with E-state index in [1.165, 1.54) is 17.0 Å². The Morgan fingerprint density at radius 3 is 2.76 bits per heavy atom.